The van der Waals surface area contributed by atoms with Crippen LogP contribution in [0.3, 0.4) is 0 Å². The third-order valence-electron chi connectivity index (χ3n) is 5.60. The smallest absolute Gasteiger partial charge is 0.0658 e. The average Bonchev–Trinajstić information content (AvgIpc) is 3.53. The van der Waals surface area contributed by atoms with Crippen molar-refractivity contribution in [3.05, 3.63) is 95.1 Å². The van der Waals surface area contributed by atoms with Gasteiger partial charge >= 0.3 is 0 Å². The zero-order valence-electron chi connectivity index (χ0n) is 17.1. The number of fused-ring (bicyclic) bond motifs is 8. The van der Waals surface area contributed by atoms with Crippen LogP contribution in [-0.2, 0) is 0 Å². The van der Waals surface area contributed by atoms with E-state index in [1.807, 2.05) is 18.2 Å². The van der Waals surface area contributed by atoms with Gasteiger partial charge in [0.15, 0.2) is 0 Å². The topological polar surface area (TPSA) is 57.4 Å². The van der Waals surface area contributed by atoms with Crippen LogP contribution in [0.25, 0.3) is 57.5 Å². The molecule has 3 aromatic heterocycles. The maximum Gasteiger partial charge on any atom is 0.0658 e. The zero-order chi connectivity index (χ0) is 20.8. The fourth-order valence-corrected chi connectivity index (χ4v) is 4.12. The number of benzene rings is 1. The minimum absolute atomic E-state index is 0.925. The average molecular weight is 400 g/mol. The number of aromatic nitrogens is 4. The Labute approximate surface area is 179 Å². The molecule has 0 fully saturated rings. The Hall–Kier alpha value is -4.18. The molecule has 0 aliphatic carbocycles. The summed E-state index contributed by atoms with van der Waals surface area (Å²) in [7, 11) is 0. The molecule has 4 nitrogen and oxygen atoms in total. The molecule has 148 valence electrons. The molecule has 6 rings (SSSR count). The van der Waals surface area contributed by atoms with E-state index in [9.17, 15) is 0 Å². The second kappa shape index (κ2) is 6.96. The molecule has 31 heavy (non-hydrogen) atoms. The van der Waals surface area contributed by atoms with Crippen LogP contribution < -0.4 is 0 Å². The first-order valence-electron chi connectivity index (χ1n) is 10.3. The van der Waals surface area contributed by atoms with E-state index in [-0.39, 0.29) is 0 Å². The van der Waals surface area contributed by atoms with Gasteiger partial charge in [0.1, 0.15) is 0 Å². The van der Waals surface area contributed by atoms with E-state index < -0.39 is 0 Å². The van der Waals surface area contributed by atoms with Crippen LogP contribution in [-0.4, -0.2) is 19.9 Å². The van der Waals surface area contributed by atoms with Gasteiger partial charge < -0.3 is 9.97 Å². The maximum absolute atomic E-state index is 4.79. The van der Waals surface area contributed by atoms with E-state index >= 15 is 0 Å². The summed E-state index contributed by atoms with van der Waals surface area (Å²) in [5.41, 5.74) is 11.4. The normalized spacial score (nSPS) is 12.4. The third kappa shape index (κ3) is 3.38. The van der Waals surface area contributed by atoms with Crippen molar-refractivity contribution in [3.63, 3.8) is 0 Å². The fraction of sp³-hybridized carbons (Fsp3) is 0.0370. The lowest BCUT2D eigenvalue weighted by atomic mass is 10.0. The van der Waals surface area contributed by atoms with Crippen LogP contribution in [0.5, 0.6) is 0 Å². The molecule has 2 N–H and O–H groups in total. The van der Waals surface area contributed by atoms with E-state index in [2.05, 4.69) is 89.7 Å². The monoisotopic (exact) mass is 400 g/mol. The predicted molar refractivity (Wildman–Crippen MR) is 129 cm³/mol. The van der Waals surface area contributed by atoms with E-state index in [0.29, 0.717) is 0 Å². The molecule has 2 aliphatic heterocycles. The summed E-state index contributed by atoms with van der Waals surface area (Å²) in [6.45, 7) is 2.14. The van der Waals surface area contributed by atoms with Gasteiger partial charge in [-0.2, -0.15) is 0 Å². The Morgan fingerprint density at radius 3 is 1.77 bits per heavy atom. The quantitative estimate of drug-likeness (QED) is 0.325. The number of rotatable bonds is 1. The summed E-state index contributed by atoms with van der Waals surface area (Å²) in [5, 5.41) is 0. The highest BCUT2D eigenvalue weighted by Crippen LogP contribution is 2.30. The van der Waals surface area contributed by atoms with E-state index in [0.717, 1.165) is 50.4 Å². The molecule has 0 atom stereocenters. The molecule has 4 aromatic rings. The van der Waals surface area contributed by atoms with Crippen molar-refractivity contribution in [3.8, 4) is 11.1 Å². The molecule has 0 unspecified atom stereocenters. The third-order valence-corrected chi connectivity index (χ3v) is 5.60. The Bertz CT molecular complexity index is 1550. The lowest BCUT2D eigenvalue weighted by Gasteiger charge is -2.03. The Balaban J connectivity index is 1.69. The highest BCUT2D eigenvalue weighted by molar-refractivity contribution is 5.88. The molecule has 0 spiro atoms. The lowest BCUT2D eigenvalue weighted by Crippen LogP contribution is -1.81. The first-order chi connectivity index (χ1) is 15.2. The molecule has 0 radical (unpaired) electrons. The minimum Gasteiger partial charge on any atom is -0.355 e. The predicted octanol–water partition coefficient (Wildman–Crippen LogP) is 6.63. The molecule has 0 saturated heterocycles. The molecule has 0 saturated carbocycles. The van der Waals surface area contributed by atoms with Crippen LogP contribution in [0.1, 0.15) is 28.3 Å². The maximum atomic E-state index is 4.79. The van der Waals surface area contributed by atoms with E-state index in [1.54, 1.807) is 0 Å². The van der Waals surface area contributed by atoms with Crippen LogP contribution in [0.4, 0.5) is 0 Å². The minimum atomic E-state index is 0.925. The fourth-order valence-electron chi connectivity index (χ4n) is 4.12. The van der Waals surface area contributed by atoms with Gasteiger partial charge in [-0.3, -0.25) is 0 Å². The standard InChI is InChI=1S/C27H20N4/c1-17-4-2-3-5-25(17)26-15-24-14-22-9-8-20(29-22)12-18-6-7-19(28-18)13-21-10-11-23(30-21)16-27(26)31-24/h2-16,28,31H,1H3. The largest absolute Gasteiger partial charge is 0.355 e. The summed E-state index contributed by atoms with van der Waals surface area (Å²) in [4.78, 5) is 16.5. The van der Waals surface area contributed by atoms with Gasteiger partial charge in [0.2, 0.25) is 0 Å². The highest BCUT2D eigenvalue weighted by Gasteiger charge is 2.08. The number of hydrogen-bond acceptors (Lipinski definition) is 2. The first kappa shape index (κ1) is 17.7. The molecular weight excluding hydrogens is 380 g/mol. The SMILES string of the molecule is Cc1ccccc1-c1cc2cc3nc(cc4ccc(cc5nc(cc1[nH]2)C=C5)[nH]4)C=C3. The number of aryl methyl sites for hydroxylation is 1. The molecule has 8 bridgehead atoms. The molecule has 0 amide bonds. The van der Waals surface area contributed by atoms with Crippen molar-refractivity contribution in [2.75, 3.05) is 0 Å². The molecule has 2 aliphatic rings. The van der Waals surface area contributed by atoms with Gasteiger partial charge in [-0.1, -0.05) is 24.3 Å². The number of H-pyrrole nitrogens is 2. The summed E-state index contributed by atoms with van der Waals surface area (Å²) in [6.07, 6.45) is 8.18. The molecule has 1 aromatic carbocycles. The van der Waals surface area contributed by atoms with Gasteiger partial charge in [-0.05, 0) is 84.8 Å². The summed E-state index contributed by atoms with van der Waals surface area (Å²) < 4.78 is 0. The van der Waals surface area contributed by atoms with Crippen molar-refractivity contribution in [2.45, 2.75) is 6.92 Å². The summed E-state index contributed by atoms with van der Waals surface area (Å²) in [6, 6.07) is 23.1. The molecule has 4 heteroatoms. The van der Waals surface area contributed by atoms with Gasteiger partial charge in [0.05, 0.1) is 22.8 Å². The van der Waals surface area contributed by atoms with Crippen molar-refractivity contribution in [1.82, 2.24) is 19.9 Å². The van der Waals surface area contributed by atoms with Crippen molar-refractivity contribution < 1.29 is 0 Å². The van der Waals surface area contributed by atoms with E-state index in [4.69, 9.17) is 9.97 Å². The molecule has 5 heterocycles. The van der Waals surface area contributed by atoms with Crippen LogP contribution in [0.2, 0.25) is 0 Å². The number of nitrogens with zero attached hydrogens (tertiary/aromatic N) is 2. The summed E-state index contributed by atoms with van der Waals surface area (Å²) in [5.74, 6) is 0. The number of hydrogen-bond donors (Lipinski definition) is 2. The van der Waals surface area contributed by atoms with Gasteiger partial charge in [0.25, 0.3) is 0 Å². The van der Waals surface area contributed by atoms with Gasteiger partial charge in [-0.25, -0.2) is 9.97 Å². The summed E-state index contributed by atoms with van der Waals surface area (Å²) >= 11 is 0. The number of nitrogens with one attached hydrogen (secondary N) is 2. The number of aromatic amines is 2. The zero-order valence-corrected chi connectivity index (χ0v) is 17.1. The van der Waals surface area contributed by atoms with Crippen molar-refractivity contribution in [1.29, 1.82) is 0 Å². The highest BCUT2D eigenvalue weighted by atomic mass is 14.8. The lowest BCUT2D eigenvalue weighted by molar-refractivity contribution is 1.31. The van der Waals surface area contributed by atoms with Crippen molar-refractivity contribution in [2.24, 2.45) is 0 Å². The van der Waals surface area contributed by atoms with Crippen molar-refractivity contribution >= 4 is 46.4 Å². The van der Waals surface area contributed by atoms with Crippen LogP contribution >= 0.6 is 0 Å². The van der Waals surface area contributed by atoms with Crippen LogP contribution in [0, 0.1) is 6.92 Å². The second-order valence-corrected chi connectivity index (χ2v) is 7.90. The Morgan fingerprint density at radius 2 is 1.13 bits per heavy atom. The second-order valence-electron chi connectivity index (χ2n) is 7.90. The first-order valence-corrected chi connectivity index (χ1v) is 10.3. The van der Waals surface area contributed by atoms with Crippen LogP contribution in [0.15, 0.2) is 66.7 Å². The molecular formula is C27H20N4. The van der Waals surface area contributed by atoms with Gasteiger partial charge in [0, 0.05) is 27.6 Å². The Kier molecular flexibility index (Phi) is 3.96. The Morgan fingerprint density at radius 1 is 0.548 bits per heavy atom. The van der Waals surface area contributed by atoms with E-state index in [1.165, 1.54) is 11.1 Å². The van der Waals surface area contributed by atoms with Gasteiger partial charge in [-0.15, -0.1) is 0 Å².